The van der Waals surface area contributed by atoms with E-state index in [1.807, 2.05) is 11.8 Å². The maximum atomic E-state index is 5.93. The van der Waals surface area contributed by atoms with Crippen molar-refractivity contribution in [3.8, 4) is 0 Å². The second kappa shape index (κ2) is 8.70. The number of rotatable bonds is 6. The molecule has 16 heavy (non-hydrogen) atoms. The molecule has 5 heteroatoms. The van der Waals surface area contributed by atoms with E-state index in [9.17, 15) is 0 Å². The summed E-state index contributed by atoms with van der Waals surface area (Å²) in [6.45, 7) is 3.79. The lowest BCUT2D eigenvalue weighted by molar-refractivity contribution is 0.192. The van der Waals surface area contributed by atoms with E-state index in [2.05, 4.69) is 9.89 Å². The molecule has 1 saturated heterocycles. The molecule has 2 N–H and O–H groups in total. The second-order valence-corrected chi connectivity index (χ2v) is 5.12. The largest absolute Gasteiger partial charge is 0.385 e. The molecule has 0 radical (unpaired) electrons. The third kappa shape index (κ3) is 5.61. The fourth-order valence-corrected chi connectivity index (χ4v) is 2.52. The molecule has 0 aromatic heterocycles. The lowest BCUT2D eigenvalue weighted by Gasteiger charge is -2.27. The number of hydrogen-bond acceptors (Lipinski definition) is 3. The van der Waals surface area contributed by atoms with E-state index in [-0.39, 0.29) is 0 Å². The van der Waals surface area contributed by atoms with E-state index in [0.717, 1.165) is 45.0 Å². The predicted octanol–water partition coefficient (Wildman–Crippen LogP) is 1.17. The Hall–Kier alpha value is -0.420. The second-order valence-electron chi connectivity index (χ2n) is 3.89. The zero-order chi connectivity index (χ0) is 11.6. The van der Waals surface area contributed by atoms with Gasteiger partial charge in [-0.15, -0.1) is 0 Å². The molecule has 4 nitrogen and oxygen atoms in total. The molecule has 0 aromatic rings. The van der Waals surface area contributed by atoms with Gasteiger partial charge >= 0.3 is 0 Å². The summed E-state index contributed by atoms with van der Waals surface area (Å²) in [6, 6.07) is 0. The summed E-state index contributed by atoms with van der Waals surface area (Å²) < 4.78 is 4.99. The normalized spacial score (nSPS) is 17.8. The first kappa shape index (κ1) is 13.6. The highest BCUT2D eigenvalue weighted by atomic mass is 32.2. The zero-order valence-electron chi connectivity index (χ0n) is 10.2. The zero-order valence-corrected chi connectivity index (χ0v) is 11.0. The molecule has 0 unspecified atom stereocenters. The molecule has 0 amide bonds. The van der Waals surface area contributed by atoms with Gasteiger partial charge in [-0.05, 0) is 19.3 Å². The van der Waals surface area contributed by atoms with Crippen LogP contribution in [0.2, 0.25) is 0 Å². The van der Waals surface area contributed by atoms with Crippen LogP contribution in [0.15, 0.2) is 4.99 Å². The van der Waals surface area contributed by atoms with Gasteiger partial charge in [-0.1, -0.05) is 0 Å². The van der Waals surface area contributed by atoms with Crippen molar-refractivity contribution in [2.75, 3.05) is 44.9 Å². The molecule has 94 valence electrons. The van der Waals surface area contributed by atoms with Gasteiger partial charge in [0.2, 0.25) is 0 Å². The first-order chi connectivity index (χ1) is 7.84. The molecular weight excluding hydrogens is 222 g/mol. The first-order valence-corrected chi connectivity index (χ1v) is 7.11. The van der Waals surface area contributed by atoms with Gasteiger partial charge in [0.15, 0.2) is 5.96 Å². The molecule has 1 aliphatic heterocycles. The molecule has 1 heterocycles. The highest BCUT2D eigenvalue weighted by molar-refractivity contribution is 7.99. The standard InChI is InChI=1S/C11H23N3OS/c1-15-8-4-2-3-5-13-11(12)14-6-9-16-10-7-14/h2-10H2,1H3,(H2,12,13). The molecule has 1 fully saturated rings. The summed E-state index contributed by atoms with van der Waals surface area (Å²) in [5, 5.41) is 0. The Morgan fingerprint density at radius 2 is 2.06 bits per heavy atom. The average molecular weight is 245 g/mol. The highest BCUT2D eigenvalue weighted by Crippen LogP contribution is 2.08. The maximum absolute atomic E-state index is 5.93. The van der Waals surface area contributed by atoms with Crippen LogP contribution >= 0.6 is 11.8 Å². The van der Waals surface area contributed by atoms with Crippen molar-refractivity contribution >= 4 is 17.7 Å². The number of hydrogen-bond donors (Lipinski definition) is 1. The molecular formula is C11H23N3OS. The van der Waals surface area contributed by atoms with Crippen LogP contribution in [0.1, 0.15) is 19.3 Å². The lowest BCUT2D eigenvalue weighted by Crippen LogP contribution is -2.42. The summed E-state index contributed by atoms with van der Waals surface area (Å²) >= 11 is 1.99. The molecule has 0 aliphatic carbocycles. The minimum atomic E-state index is 0.729. The Balaban J connectivity index is 2.07. The van der Waals surface area contributed by atoms with Crippen molar-refractivity contribution in [2.24, 2.45) is 10.7 Å². The topological polar surface area (TPSA) is 50.9 Å². The van der Waals surface area contributed by atoms with E-state index in [1.165, 1.54) is 17.9 Å². The predicted molar refractivity (Wildman–Crippen MR) is 71.1 cm³/mol. The number of guanidine groups is 1. The summed E-state index contributed by atoms with van der Waals surface area (Å²) in [7, 11) is 1.74. The first-order valence-electron chi connectivity index (χ1n) is 5.96. The van der Waals surface area contributed by atoms with Crippen molar-refractivity contribution in [1.82, 2.24) is 4.90 Å². The Bertz CT molecular complexity index is 205. The van der Waals surface area contributed by atoms with Crippen LogP contribution in [0, 0.1) is 0 Å². The SMILES string of the molecule is COCCCCCN=C(N)N1CCSCC1. The smallest absolute Gasteiger partial charge is 0.191 e. The van der Waals surface area contributed by atoms with Crippen LogP contribution in [0.4, 0.5) is 0 Å². The van der Waals surface area contributed by atoms with Crippen LogP contribution in [0.25, 0.3) is 0 Å². The van der Waals surface area contributed by atoms with E-state index in [0.29, 0.717) is 0 Å². The van der Waals surface area contributed by atoms with Crippen LogP contribution in [-0.4, -0.2) is 55.7 Å². The number of thioether (sulfide) groups is 1. The number of nitrogens with two attached hydrogens (primary N) is 1. The molecule has 0 spiro atoms. The van der Waals surface area contributed by atoms with Gasteiger partial charge in [-0.25, -0.2) is 0 Å². The van der Waals surface area contributed by atoms with Gasteiger partial charge in [0.05, 0.1) is 0 Å². The van der Waals surface area contributed by atoms with Crippen LogP contribution < -0.4 is 5.73 Å². The van der Waals surface area contributed by atoms with Gasteiger partial charge in [-0.3, -0.25) is 4.99 Å². The van der Waals surface area contributed by atoms with Crippen LogP contribution in [0.5, 0.6) is 0 Å². The number of methoxy groups -OCH3 is 1. The summed E-state index contributed by atoms with van der Waals surface area (Å²) in [6.07, 6.45) is 3.39. The van der Waals surface area contributed by atoms with Crippen molar-refractivity contribution in [3.05, 3.63) is 0 Å². The Morgan fingerprint density at radius 3 is 2.75 bits per heavy atom. The summed E-state index contributed by atoms with van der Waals surface area (Å²) in [5.74, 6) is 3.07. The summed E-state index contributed by atoms with van der Waals surface area (Å²) in [5.41, 5.74) is 5.93. The van der Waals surface area contributed by atoms with Crippen LogP contribution in [0.3, 0.4) is 0 Å². The van der Waals surface area contributed by atoms with Crippen molar-refractivity contribution < 1.29 is 4.74 Å². The molecule has 0 saturated carbocycles. The highest BCUT2D eigenvalue weighted by Gasteiger charge is 2.11. The Morgan fingerprint density at radius 1 is 1.31 bits per heavy atom. The maximum Gasteiger partial charge on any atom is 0.191 e. The van der Waals surface area contributed by atoms with Gasteiger partial charge in [0.1, 0.15) is 0 Å². The van der Waals surface area contributed by atoms with E-state index < -0.39 is 0 Å². The minimum absolute atomic E-state index is 0.729. The van der Waals surface area contributed by atoms with Crippen molar-refractivity contribution in [1.29, 1.82) is 0 Å². The molecule has 0 bridgehead atoms. The van der Waals surface area contributed by atoms with E-state index >= 15 is 0 Å². The monoisotopic (exact) mass is 245 g/mol. The fraction of sp³-hybridized carbons (Fsp3) is 0.909. The lowest BCUT2D eigenvalue weighted by atomic mass is 10.2. The Labute approximate surface area is 103 Å². The molecule has 1 rings (SSSR count). The quantitative estimate of drug-likeness (QED) is 0.433. The van der Waals surface area contributed by atoms with Crippen molar-refractivity contribution in [2.45, 2.75) is 19.3 Å². The van der Waals surface area contributed by atoms with Crippen molar-refractivity contribution in [3.63, 3.8) is 0 Å². The van der Waals surface area contributed by atoms with Gasteiger partial charge in [0.25, 0.3) is 0 Å². The van der Waals surface area contributed by atoms with E-state index in [1.54, 1.807) is 7.11 Å². The third-order valence-corrected chi connectivity index (χ3v) is 3.56. The number of unbranched alkanes of at least 4 members (excludes halogenated alkanes) is 2. The van der Waals surface area contributed by atoms with Crippen LogP contribution in [-0.2, 0) is 4.74 Å². The number of aliphatic imine (C=N–C) groups is 1. The fourth-order valence-electron chi connectivity index (χ4n) is 1.62. The molecule has 0 aromatic carbocycles. The average Bonchev–Trinajstić information content (AvgIpc) is 2.34. The Kier molecular flexibility index (Phi) is 7.42. The van der Waals surface area contributed by atoms with Gasteiger partial charge in [0, 0.05) is 44.9 Å². The van der Waals surface area contributed by atoms with E-state index in [4.69, 9.17) is 10.5 Å². The van der Waals surface area contributed by atoms with Gasteiger partial charge < -0.3 is 15.4 Å². The summed E-state index contributed by atoms with van der Waals surface area (Å²) in [4.78, 5) is 6.60. The van der Waals surface area contributed by atoms with Gasteiger partial charge in [-0.2, -0.15) is 11.8 Å². The molecule has 1 aliphatic rings. The minimum Gasteiger partial charge on any atom is -0.385 e. The third-order valence-electron chi connectivity index (χ3n) is 2.62. The molecule has 0 atom stereocenters. The number of ether oxygens (including phenoxy) is 1. The number of nitrogens with zero attached hydrogens (tertiary/aromatic N) is 2.